The lowest BCUT2D eigenvalue weighted by Gasteiger charge is -1.99. The highest BCUT2D eigenvalue weighted by Crippen LogP contribution is 2.20. The minimum Gasteiger partial charge on any atom is -0.392 e. The third kappa shape index (κ3) is 1.63. The molecule has 0 spiro atoms. The van der Waals surface area contributed by atoms with Gasteiger partial charge in [-0.25, -0.2) is 0 Å². The summed E-state index contributed by atoms with van der Waals surface area (Å²) in [7, 11) is 0. The molecule has 0 bridgehead atoms. The van der Waals surface area contributed by atoms with Crippen LogP contribution in [0.1, 0.15) is 11.1 Å². The van der Waals surface area contributed by atoms with Crippen molar-refractivity contribution in [2.75, 3.05) is 0 Å². The molecule has 1 rings (SSSR count). The zero-order valence-electron chi connectivity index (χ0n) is 6.60. The largest absolute Gasteiger partial charge is 0.392 e. The molecule has 0 aliphatic carbocycles. The lowest BCUT2D eigenvalue weighted by atomic mass is 10.1. The second-order valence-corrected chi connectivity index (χ2v) is 2.34. The van der Waals surface area contributed by atoms with E-state index >= 15 is 0 Å². The van der Waals surface area contributed by atoms with E-state index in [1.165, 1.54) is 18.2 Å². The zero-order valence-corrected chi connectivity index (χ0v) is 6.60. The van der Waals surface area contributed by atoms with Crippen LogP contribution in [-0.2, 0) is 6.61 Å². The molecule has 0 saturated carbocycles. The summed E-state index contributed by atoms with van der Waals surface area (Å²) < 4.78 is 0. The van der Waals surface area contributed by atoms with Crippen molar-refractivity contribution in [3.8, 4) is 6.07 Å². The minimum absolute atomic E-state index is 0.0741. The first-order chi connectivity index (χ1) is 6.20. The van der Waals surface area contributed by atoms with Crippen molar-refractivity contribution in [1.82, 2.24) is 0 Å². The molecule has 0 heterocycles. The standard InChI is InChI=1S/C8H6N2O3/c9-4-7-6(5-11)2-1-3-8(7)10(12)13/h1-3,11H,5H2. The summed E-state index contributed by atoms with van der Waals surface area (Å²) in [5.41, 5.74) is -0.0687. The normalized spacial score (nSPS) is 9.23. The van der Waals surface area contributed by atoms with Crippen molar-refractivity contribution in [3.05, 3.63) is 39.4 Å². The van der Waals surface area contributed by atoms with Crippen LogP contribution in [0.2, 0.25) is 0 Å². The van der Waals surface area contributed by atoms with Crippen molar-refractivity contribution >= 4 is 5.69 Å². The highest BCUT2D eigenvalue weighted by molar-refractivity contribution is 5.53. The van der Waals surface area contributed by atoms with Gasteiger partial charge in [0, 0.05) is 11.6 Å². The van der Waals surface area contributed by atoms with Crippen LogP contribution in [0.4, 0.5) is 5.69 Å². The van der Waals surface area contributed by atoms with E-state index in [-0.39, 0.29) is 23.4 Å². The Labute approximate surface area is 74.0 Å². The molecule has 0 aliphatic heterocycles. The third-order valence-corrected chi connectivity index (χ3v) is 1.61. The summed E-state index contributed by atoms with van der Waals surface area (Å²) in [6, 6.07) is 5.84. The van der Waals surface area contributed by atoms with Gasteiger partial charge in [-0.05, 0) is 0 Å². The second-order valence-electron chi connectivity index (χ2n) is 2.34. The number of nitro groups is 1. The predicted molar refractivity (Wildman–Crippen MR) is 43.7 cm³/mol. The summed E-state index contributed by atoms with van der Waals surface area (Å²) >= 11 is 0. The van der Waals surface area contributed by atoms with E-state index in [4.69, 9.17) is 10.4 Å². The Morgan fingerprint density at radius 1 is 1.62 bits per heavy atom. The van der Waals surface area contributed by atoms with E-state index in [1.54, 1.807) is 6.07 Å². The van der Waals surface area contributed by atoms with Gasteiger partial charge >= 0.3 is 0 Å². The highest BCUT2D eigenvalue weighted by atomic mass is 16.6. The molecule has 0 fully saturated rings. The van der Waals surface area contributed by atoms with Gasteiger partial charge < -0.3 is 5.11 Å². The van der Waals surface area contributed by atoms with E-state index in [2.05, 4.69) is 0 Å². The van der Waals surface area contributed by atoms with E-state index in [0.29, 0.717) is 0 Å². The molecular formula is C8H6N2O3. The second kappa shape index (κ2) is 3.65. The van der Waals surface area contributed by atoms with Crippen molar-refractivity contribution in [2.24, 2.45) is 0 Å². The first kappa shape index (κ1) is 9.16. The van der Waals surface area contributed by atoms with Gasteiger partial charge in [0.1, 0.15) is 11.6 Å². The van der Waals surface area contributed by atoms with Crippen molar-refractivity contribution in [3.63, 3.8) is 0 Å². The van der Waals surface area contributed by atoms with Crippen LogP contribution in [0.3, 0.4) is 0 Å². The highest BCUT2D eigenvalue weighted by Gasteiger charge is 2.15. The lowest BCUT2D eigenvalue weighted by molar-refractivity contribution is -0.385. The van der Waals surface area contributed by atoms with Crippen LogP contribution in [0, 0.1) is 21.4 Å². The molecule has 0 aliphatic rings. The molecule has 0 saturated heterocycles. The molecule has 0 atom stereocenters. The number of rotatable bonds is 2. The summed E-state index contributed by atoms with van der Waals surface area (Å²) in [5, 5.41) is 27.8. The number of nitrogens with zero attached hydrogens (tertiary/aromatic N) is 2. The summed E-state index contributed by atoms with van der Waals surface area (Å²) in [5.74, 6) is 0. The van der Waals surface area contributed by atoms with Crippen LogP contribution in [0.5, 0.6) is 0 Å². The smallest absolute Gasteiger partial charge is 0.287 e. The Hall–Kier alpha value is -1.93. The molecule has 66 valence electrons. The topological polar surface area (TPSA) is 87.2 Å². The average molecular weight is 178 g/mol. The minimum atomic E-state index is -0.641. The first-order valence-corrected chi connectivity index (χ1v) is 3.48. The quantitative estimate of drug-likeness (QED) is 0.539. The zero-order chi connectivity index (χ0) is 9.84. The molecule has 0 unspecified atom stereocenters. The number of nitro benzene ring substituents is 1. The number of hydrogen-bond acceptors (Lipinski definition) is 4. The number of aliphatic hydroxyl groups is 1. The van der Waals surface area contributed by atoms with E-state index < -0.39 is 4.92 Å². The fourth-order valence-corrected chi connectivity index (χ4v) is 1.000. The molecule has 5 nitrogen and oxygen atoms in total. The van der Waals surface area contributed by atoms with E-state index in [9.17, 15) is 10.1 Å². The van der Waals surface area contributed by atoms with Gasteiger partial charge in [0.2, 0.25) is 0 Å². The van der Waals surface area contributed by atoms with E-state index in [1.807, 2.05) is 0 Å². The number of aliphatic hydroxyl groups excluding tert-OH is 1. The monoisotopic (exact) mass is 178 g/mol. The van der Waals surface area contributed by atoms with Gasteiger partial charge in [-0.15, -0.1) is 0 Å². The Balaban J connectivity index is 3.38. The molecule has 0 amide bonds. The molecular weight excluding hydrogens is 172 g/mol. The maximum atomic E-state index is 10.4. The van der Waals surface area contributed by atoms with Crippen molar-refractivity contribution < 1.29 is 10.0 Å². The van der Waals surface area contributed by atoms with Gasteiger partial charge in [-0.3, -0.25) is 10.1 Å². The maximum absolute atomic E-state index is 10.4. The predicted octanol–water partition coefficient (Wildman–Crippen LogP) is 0.959. The molecule has 1 aromatic carbocycles. The number of hydrogen-bond donors (Lipinski definition) is 1. The molecule has 13 heavy (non-hydrogen) atoms. The molecule has 1 N–H and O–H groups in total. The van der Waals surface area contributed by atoms with Gasteiger partial charge in [0.05, 0.1) is 11.5 Å². The van der Waals surface area contributed by atoms with Crippen molar-refractivity contribution in [1.29, 1.82) is 5.26 Å². The van der Waals surface area contributed by atoms with Crippen LogP contribution in [0.15, 0.2) is 18.2 Å². The first-order valence-electron chi connectivity index (χ1n) is 3.48. The molecule has 0 radical (unpaired) electrons. The lowest BCUT2D eigenvalue weighted by Crippen LogP contribution is -1.96. The Morgan fingerprint density at radius 3 is 2.77 bits per heavy atom. The summed E-state index contributed by atoms with van der Waals surface area (Å²) in [6.07, 6.45) is 0. The average Bonchev–Trinajstić information content (AvgIpc) is 2.16. The fourth-order valence-electron chi connectivity index (χ4n) is 1.000. The van der Waals surface area contributed by atoms with Crippen molar-refractivity contribution in [2.45, 2.75) is 6.61 Å². The Kier molecular flexibility index (Phi) is 2.57. The maximum Gasteiger partial charge on any atom is 0.287 e. The van der Waals surface area contributed by atoms with Crippen LogP contribution in [0.25, 0.3) is 0 Å². The fraction of sp³-hybridized carbons (Fsp3) is 0.125. The SMILES string of the molecule is N#Cc1c(CO)cccc1[N+](=O)[O-]. The van der Waals surface area contributed by atoms with Gasteiger partial charge in [0.15, 0.2) is 0 Å². The van der Waals surface area contributed by atoms with Crippen LogP contribution < -0.4 is 0 Å². The van der Waals surface area contributed by atoms with Gasteiger partial charge in [0.25, 0.3) is 5.69 Å². The van der Waals surface area contributed by atoms with E-state index in [0.717, 1.165) is 0 Å². The number of benzene rings is 1. The molecule has 1 aromatic rings. The summed E-state index contributed by atoms with van der Waals surface area (Å²) in [4.78, 5) is 9.78. The number of nitriles is 1. The third-order valence-electron chi connectivity index (χ3n) is 1.61. The molecule has 0 aromatic heterocycles. The van der Waals surface area contributed by atoms with Crippen LogP contribution >= 0.6 is 0 Å². The van der Waals surface area contributed by atoms with Crippen LogP contribution in [-0.4, -0.2) is 10.0 Å². The molecule has 5 heteroatoms. The Morgan fingerprint density at radius 2 is 2.31 bits per heavy atom. The van der Waals surface area contributed by atoms with Gasteiger partial charge in [-0.1, -0.05) is 12.1 Å². The van der Waals surface area contributed by atoms with Gasteiger partial charge in [-0.2, -0.15) is 5.26 Å². The summed E-state index contributed by atoms with van der Waals surface area (Å²) in [6.45, 7) is -0.370. The Bertz CT molecular complexity index is 381.